The van der Waals surface area contributed by atoms with Crippen molar-refractivity contribution in [2.75, 3.05) is 6.26 Å². The van der Waals surface area contributed by atoms with E-state index < -0.39 is 21.2 Å². The Balaban J connectivity index is 0.000000220. The van der Waals surface area contributed by atoms with Crippen LogP contribution in [0.1, 0.15) is 46.4 Å². The molecular weight excluding hydrogens is 499 g/mol. The molecule has 1 N–H and O–H groups in total. The summed E-state index contributed by atoms with van der Waals surface area (Å²) >= 11 is 1.39. The monoisotopic (exact) mass is 528 g/mol. The Morgan fingerprint density at radius 3 is 2.42 bits per heavy atom. The molecule has 0 radical (unpaired) electrons. The number of nitriles is 1. The van der Waals surface area contributed by atoms with Gasteiger partial charge in [-0.2, -0.15) is 5.26 Å². The molecule has 190 valence electrons. The van der Waals surface area contributed by atoms with E-state index >= 15 is 0 Å². The summed E-state index contributed by atoms with van der Waals surface area (Å²) in [5.74, 6) is -0.120. The second-order valence-electron chi connectivity index (χ2n) is 9.24. The summed E-state index contributed by atoms with van der Waals surface area (Å²) < 4.78 is 36.1. The largest absolute Gasteiger partial charge is 0.338 e. The van der Waals surface area contributed by atoms with Crippen molar-refractivity contribution >= 4 is 27.1 Å². The van der Waals surface area contributed by atoms with Gasteiger partial charge in [-0.05, 0) is 49.4 Å². The van der Waals surface area contributed by atoms with Crippen LogP contribution in [0.15, 0.2) is 53.8 Å². The number of thiazole rings is 1. The first-order valence-electron chi connectivity index (χ1n) is 11.8. The first-order valence-corrected chi connectivity index (χ1v) is 14.5. The third kappa shape index (κ3) is 6.53. The topological polar surface area (TPSA) is 113 Å². The number of carbonyl (C=O) groups is 1. The van der Waals surface area contributed by atoms with Crippen LogP contribution in [0.2, 0.25) is 0 Å². The van der Waals surface area contributed by atoms with Gasteiger partial charge in [0.2, 0.25) is 5.91 Å². The maximum absolute atomic E-state index is 13.2. The molecule has 2 aliphatic rings. The minimum absolute atomic E-state index is 0. The van der Waals surface area contributed by atoms with Crippen LogP contribution in [0.4, 0.5) is 4.39 Å². The highest BCUT2D eigenvalue weighted by Gasteiger charge is 2.45. The Kier molecular flexibility index (Phi) is 7.81. The zero-order valence-electron chi connectivity index (χ0n) is 19.9. The molecule has 2 heterocycles. The highest BCUT2D eigenvalue weighted by molar-refractivity contribution is 7.90. The summed E-state index contributed by atoms with van der Waals surface area (Å²) in [6.07, 6.45) is 12.8. The molecule has 0 unspecified atom stereocenters. The minimum Gasteiger partial charge on any atom is -0.338 e. The van der Waals surface area contributed by atoms with Gasteiger partial charge < -0.3 is 5.32 Å². The first-order chi connectivity index (χ1) is 17.2. The lowest BCUT2D eigenvalue weighted by Crippen LogP contribution is -2.40. The van der Waals surface area contributed by atoms with Gasteiger partial charge in [0, 0.05) is 31.6 Å². The van der Waals surface area contributed by atoms with E-state index in [-0.39, 0.29) is 18.1 Å². The molecular formula is C26H29FN4O3S2. The van der Waals surface area contributed by atoms with Crippen LogP contribution in [-0.4, -0.2) is 36.1 Å². The summed E-state index contributed by atoms with van der Waals surface area (Å²) in [7, 11) is -3.21. The van der Waals surface area contributed by atoms with Crippen LogP contribution in [-0.2, 0) is 14.6 Å². The maximum atomic E-state index is 13.2. The number of pyridine rings is 1. The third-order valence-corrected chi connectivity index (χ3v) is 8.55. The molecule has 3 aromatic rings. The molecule has 10 heteroatoms. The van der Waals surface area contributed by atoms with Crippen LogP contribution in [0.3, 0.4) is 0 Å². The Hall–Kier alpha value is -3.16. The molecule has 0 aliphatic heterocycles. The molecule has 2 fully saturated rings. The Bertz CT molecular complexity index is 1380. The van der Waals surface area contributed by atoms with Crippen molar-refractivity contribution in [2.45, 2.75) is 55.4 Å². The average Bonchev–Trinajstić information content (AvgIpc) is 3.47. The fraction of sp³-hybridized carbons (Fsp3) is 0.385. The number of hydrogen-bond donors (Lipinski definition) is 1. The SMILES string of the molecule is CS(=O)(=O)c1ccc(-c2cnc(-c3cncc(F)c3)s2)cc1.N#CC1(NC(=O)C2CCCCC2)CC1.[HH]. The van der Waals surface area contributed by atoms with Gasteiger partial charge in [-0.25, -0.2) is 17.8 Å². The number of hydrogen-bond acceptors (Lipinski definition) is 7. The van der Waals surface area contributed by atoms with Crippen molar-refractivity contribution < 1.29 is 19.0 Å². The molecule has 2 saturated carbocycles. The van der Waals surface area contributed by atoms with Crippen LogP contribution in [0.5, 0.6) is 0 Å². The van der Waals surface area contributed by atoms with E-state index in [1.54, 1.807) is 36.7 Å². The Morgan fingerprint density at radius 1 is 1.14 bits per heavy atom. The molecule has 5 rings (SSSR count). The highest BCUT2D eigenvalue weighted by Crippen LogP contribution is 2.36. The molecule has 0 spiro atoms. The van der Waals surface area contributed by atoms with Gasteiger partial charge in [-0.1, -0.05) is 31.4 Å². The van der Waals surface area contributed by atoms with Gasteiger partial charge in [-0.3, -0.25) is 9.78 Å². The van der Waals surface area contributed by atoms with Crippen LogP contribution in [0, 0.1) is 23.1 Å². The summed E-state index contributed by atoms with van der Waals surface area (Å²) in [6.45, 7) is 0. The second kappa shape index (κ2) is 10.8. The number of sulfone groups is 1. The van der Waals surface area contributed by atoms with Crippen molar-refractivity contribution in [3.05, 3.63) is 54.7 Å². The summed E-state index contributed by atoms with van der Waals surface area (Å²) in [5, 5.41) is 12.4. The molecule has 0 saturated heterocycles. The fourth-order valence-corrected chi connectivity index (χ4v) is 5.56. The maximum Gasteiger partial charge on any atom is 0.224 e. The minimum atomic E-state index is -3.21. The lowest BCUT2D eigenvalue weighted by molar-refractivity contribution is -0.126. The first kappa shape index (κ1) is 25.9. The van der Waals surface area contributed by atoms with Gasteiger partial charge >= 0.3 is 0 Å². The number of amides is 1. The lowest BCUT2D eigenvalue weighted by atomic mass is 9.88. The number of rotatable bonds is 5. The van der Waals surface area contributed by atoms with Crippen molar-refractivity contribution in [3.8, 4) is 27.1 Å². The van der Waals surface area contributed by atoms with Gasteiger partial charge in [0.05, 0.1) is 22.0 Å². The number of nitrogens with zero attached hydrogens (tertiary/aromatic N) is 3. The van der Waals surface area contributed by atoms with E-state index in [0.717, 1.165) is 55.2 Å². The zero-order chi connectivity index (χ0) is 25.8. The zero-order valence-corrected chi connectivity index (χ0v) is 21.5. The summed E-state index contributed by atoms with van der Waals surface area (Å²) in [5.41, 5.74) is 0.999. The number of nitrogens with one attached hydrogen (secondary N) is 1. The molecule has 2 aliphatic carbocycles. The summed E-state index contributed by atoms with van der Waals surface area (Å²) in [6, 6.07) is 10.2. The molecule has 0 bridgehead atoms. The quantitative estimate of drug-likeness (QED) is 0.474. The van der Waals surface area contributed by atoms with Crippen LogP contribution in [0.25, 0.3) is 21.0 Å². The molecule has 36 heavy (non-hydrogen) atoms. The Labute approximate surface area is 215 Å². The predicted octanol–water partition coefficient (Wildman–Crippen LogP) is 5.40. The fourth-order valence-electron chi connectivity index (χ4n) is 4.03. The van der Waals surface area contributed by atoms with E-state index in [1.807, 2.05) is 0 Å². The van der Waals surface area contributed by atoms with Crippen LogP contribution < -0.4 is 5.32 Å². The average molecular weight is 529 g/mol. The standard InChI is InChI=1S/C15H11FN2O2S2.C11H16N2O.H2/c1-22(19,20)13-4-2-10(3-5-13)14-9-18-15(21-14)11-6-12(16)8-17-7-11;12-8-11(6-7-11)13-10(14)9-4-2-1-3-5-9;/h2-9H,1H3;9H,1-7H2,(H,13,14);1H. The lowest BCUT2D eigenvalue weighted by Gasteiger charge is -2.22. The predicted molar refractivity (Wildman–Crippen MR) is 138 cm³/mol. The molecule has 0 atom stereocenters. The third-order valence-electron chi connectivity index (χ3n) is 6.33. The number of aromatic nitrogens is 2. The van der Waals surface area contributed by atoms with Crippen molar-refractivity contribution in [3.63, 3.8) is 0 Å². The van der Waals surface area contributed by atoms with Gasteiger partial charge in [0.1, 0.15) is 16.4 Å². The molecule has 1 aromatic carbocycles. The van der Waals surface area contributed by atoms with Gasteiger partial charge in [0.25, 0.3) is 0 Å². The highest BCUT2D eigenvalue weighted by atomic mass is 32.2. The van der Waals surface area contributed by atoms with E-state index in [1.165, 1.54) is 30.1 Å². The Morgan fingerprint density at radius 2 is 1.83 bits per heavy atom. The van der Waals surface area contributed by atoms with Crippen LogP contribution >= 0.6 is 11.3 Å². The van der Waals surface area contributed by atoms with E-state index in [0.29, 0.717) is 10.6 Å². The van der Waals surface area contributed by atoms with Crippen molar-refractivity contribution in [1.82, 2.24) is 15.3 Å². The summed E-state index contributed by atoms with van der Waals surface area (Å²) in [4.78, 5) is 21.0. The van der Waals surface area contributed by atoms with E-state index in [2.05, 4.69) is 21.4 Å². The molecule has 1 amide bonds. The smallest absolute Gasteiger partial charge is 0.224 e. The number of carbonyl (C=O) groups excluding carboxylic acids is 1. The van der Waals surface area contributed by atoms with E-state index in [4.69, 9.17) is 5.26 Å². The molecule has 7 nitrogen and oxygen atoms in total. The number of halogens is 1. The van der Waals surface area contributed by atoms with E-state index in [9.17, 15) is 17.6 Å². The van der Waals surface area contributed by atoms with Crippen molar-refractivity contribution in [1.29, 1.82) is 5.26 Å². The second-order valence-corrected chi connectivity index (χ2v) is 12.3. The van der Waals surface area contributed by atoms with Gasteiger partial charge in [0.15, 0.2) is 9.84 Å². The normalized spacial score (nSPS) is 16.8. The van der Waals surface area contributed by atoms with Crippen molar-refractivity contribution in [2.24, 2.45) is 5.92 Å². The van der Waals surface area contributed by atoms with Gasteiger partial charge in [-0.15, -0.1) is 11.3 Å². The molecule has 2 aromatic heterocycles. The number of benzene rings is 1.